The third-order valence-electron chi connectivity index (χ3n) is 3.02. The molecule has 1 heterocycles. The SMILES string of the molecule is CCCCCCCCCCCc1cscn1. The van der Waals surface area contributed by atoms with E-state index in [-0.39, 0.29) is 0 Å². The third kappa shape index (κ3) is 7.00. The molecule has 0 N–H and O–H groups in total. The van der Waals surface area contributed by atoms with Gasteiger partial charge in [0.25, 0.3) is 0 Å². The quantitative estimate of drug-likeness (QED) is 0.510. The van der Waals surface area contributed by atoms with E-state index in [1.54, 1.807) is 11.3 Å². The fourth-order valence-electron chi connectivity index (χ4n) is 1.98. The molecule has 2 heteroatoms. The second-order valence-corrected chi connectivity index (χ2v) is 5.28. The van der Waals surface area contributed by atoms with Crippen molar-refractivity contribution in [3.05, 3.63) is 16.6 Å². The van der Waals surface area contributed by atoms with Crippen LogP contribution in [0.3, 0.4) is 0 Å². The van der Waals surface area contributed by atoms with Gasteiger partial charge in [-0.25, -0.2) is 4.98 Å². The van der Waals surface area contributed by atoms with E-state index in [4.69, 9.17) is 0 Å². The zero-order valence-corrected chi connectivity index (χ0v) is 11.4. The summed E-state index contributed by atoms with van der Waals surface area (Å²) in [7, 11) is 0. The second-order valence-electron chi connectivity index (χ2n) is 4.56. The van der Waals surface area contributed by atoms with Gasteiger partial charge >= 0.3 is 0 Å². The van der Waals surface area contributed by atoms with E-state index in [0.29, 0.717) is 0 Å². The van der Waals surface area contributed by atoms with E-state index >= 15 is 0 Å². The minimum Gasteiger partial charge on any atom is -0.250 e. The first-order valence-corrected chi connectivity index (χ1v) is 7.75. The first-order valence-electron chi connectivity index (χ1n) is 6.80. The molecule has 92 valence electrons. The van der Waals surface area contributed by atoms with Crippen molar-refractivity contribution in [3.63, 3.8) is 0 Å². The summed E-state index contributed by atoms with van der Waals surface area (Å²) < 4.78 is 0. The molecule has 0 aliphatic rings. The highest BCUT2D eigenvalue weighted by Gasteiger charge is 1.95. The molecule has 1 aromatic rings. The molecule has 0 unspecified atom stereocenters. The molecule has 0 radical (unpaired) electrons. The Labute approximate surface area is 104 Å². The van der Waals surface area contributed by atoms with Crippen molar-refractivity contribution < 1.29 is 0 Å². The van der Waals surface area contributed by atoms with Crippen LogP contribution in [-0.2, 0) is 6.42 Å². The predicted molar refractivity (Wildman–Crippen MR) is 73.0 cm³/mol. The molecule has 0 amide bonds. The Morgan fingerprint density at radius 3 is 2.12 bits per heavy atom. The van der Waals surface area contributed by atoms with Crippen molar-refractivity contribution in [1.82, 2.24) is 4.98 Å². The number of unbranched alkanes of at least 4 members (excludes halogenated alkanes) is 8. The first kappa shape index (κ1) is 13.7. The van der Waals surface area contributed by atoms with Crippen LogP contribution in [0, 0.1) is 0 Å². The summed E-state index contributed by atoms with van der Waals surface area (Å²) >= 11 is 1.71. The zero-order valence-electron chi connectivity index (χ0n) is 10.6. The summed E-state index contributed by atoms with van der Waals surface area (Å²) in [6, 6.07) is 0. The van der Waals surface area contributed by atoms with Crippen LogP contribution in [0.2, 0.25) is 0 Å². The number of thiazole rings is 1. The normalized spacial score (nSPS) is 10.8. The van der Waals surface area contributed by atoms with Crippen LogP contribution in [0.25, 0.3) is 0 Å². The Balaban J connectivity index is 1.78. The summed E-state index contributed by atoms with van der Waals surface area (Å²) in [4.78, 5) is 4.30. The minimum atomic E-state index is 1.18. The Morgan fingerprint density at radius 2 is 1.56 bits per heavy atom. The van der Waals surface area contributed by atoms with Crippen molar-refractivity contribution in [2.45, 2.75) is 71.1 Å². The number of nitrogens with zero attached hydrogens (tertiary/aromatic N) is 1. The summed E-state index contributed by atoms with van der Waals surface area (Å²) in [6.07, 6.45) is 13.8. The topological polar surface area (TPSA) is 12.9 Å². The largest absolute Gasteiger partial charge is 0.250 e. The molecule has 1 aromatic heterocycles. The summed E-state index contributed by atoms with van der Waals surface area (Å²) in [5.74, 6) is 0. The number of hydrogen-bond acceptors (Lipinski definition) is 2. The number of hydrogen-bond donors (Lipinski definition) is 0. The number of aromatic nitrogens is 1. The smallest absolute Gasteiger partial charge is 0.0794 e. The van der Waals surface area contributed by atoms with Crippen molar-refractivity contribution in [3.8, 4) is 0 Å². The van der Waals surface area contributed by atoms with Gasteiger partial charge in [-0.2, -0.15) is 0 Å². The first-order chi connectivity index (χ1) is 7.93. The van der Waals surface area contributed by atoms with Crippen molar-refractivity contribution in [2.24, 2.45) is 0 Å². The molecule has 16 heavy (non-hydrogen) atoms. The van der Waals surface area contributed by atoms with Gasteiger partial charge in [0.2, 0.25) is 0 Å². The van der Waals surface area contributed by atoms with E-state index in [9.17, 15) is 0 Å². The highest BCUT2D eigenvalue weighted by molar-refractivity contribution is 7.07. The van der Waals surface area contributed by atoms with Crippen LogP contribution in [0.15, 0.2) is 10.9 Å². The van der Waals surface area contributed by atoms with Crippen LogP contribution >= 0.6 is 11.3 Å². The van der Waals surface area contributed by atoms with E-state index < -0.39 is 0 Å². The van der Waals surface area contributed by atoms with E-state index in [0.717, 1.165) is 0 Å². The van der Waals surface area contributed by atoms with Crippen LogP contribution in [-0.4, -0.2) is 4.98 Å². The van der Waals surface area contributed by atoms with Gasteiger partial charge in [-0.15, -0.1) is 11.3 Å². The Hall–Kier alpha value is -0.370. The molecule has 0 fully saturated rings. The van der Waals surface area contributed by atoms with Crippen molar-refractivity contribution in [2.75, 3.05) is 0 Å². The van der Waals surface area contributed by atoms with E-state index in [2.05, 4.69) is 17.3 Å². The molecule has 0 atom stereocenters. The van der Waals surface area contributed by atoms with Crippen LogP contribution < -0.4 is 0 Å². The maximum atomic E-state index is 4.30. The average molecular weight is 239 g/mol. The standard InChI is InChI=1S/C14H25NS/c1-2-3-4-5-6-7-8-9-10-11-14-12-16-13-15-14/h12-13H,2-11H2,1H3. The molecule has 0 aliphatic carbocycles. The second kappa shape index (κ2) is 9.83. The fraction of sp³-hybridized carbons (Fsp3) is 0.786. The molecular weight excluding hydrogens is 214 g/mol. The lowest BCUT2D eigenvalue weighted by atomic mass is 10.1. The lowest BCUT2D eigenvalue weighted by Gasteiger charge is -2.01. The number of rotatable bonds is 10. The lowest BCUT2D eigenvalue weighted by molar-refractivity contribution is 0.564. The predicted octanol–water partition coefficient (Wildman–Crippen LogP) is 5.22. The number of aryl methyl sites for hydroxylation is 1. The summed E-state index contributed by atoms with van der Waals surface area (Å²) in [5, 5.41) is 2.17. The monoisotopic (exact) mass is 239 g/mol. The molecule has 0 aromatic carbocycles. The molecule has 0 bridgehead atoms. The lowest BCUT2D eigenvalue weighted by Crippen LogP contribution is -1.86. The summed E-state index contributed by atoms with van der Waals surface area (Å²) in [6.45, 7) is 2.28. The van der Waals surface area contributed by atoms with Gasteiger partial charge in [-0.1, -0.05) is 58.3 Å². The molecule has 1 rings (SSSR count). The maximum absolute atomic E-state index is 4.30. The van der Waals surface area contributed by atoms with Crippen molar-refractivity contribution in [1.29, 1.82) is 0 Å². The minimum absolute atomic E-state index is 1.18. The van der Waals surface area contributed by atoms with Gasteiger partial charge < -0.3 is 0 Å². The van der Waals surface area contributed by atoms with E-state index in [1.165, 1.54) is 69.9 Å². The van der Waals surface area contributed by atoms with Gasteiger partial charge in [0.1, 0.15) is 0 Å². The summed E-state index contributed by atoms with van der Waals surface area (Å²) in [5.41, 5.74) is 3.22. The Kier molecular flexibility index (Phi) is 8.41. The molecule has 0 saturated carbocycles. The highest BCUT2D eigenvalue weighted by Crippen LogP contribution is 2.11. The third-order valence-corrected chi connectivity index (χ3v) is 3.66. The van der Waals surface area contributed by atoms with Crippen molar-refractivity contribution >= 4 is 11.3 Å². The average Bonchev–Trinajstić information content (AvgIpc) is 2.80. The molecule has 0 spiro atoms. The highest BCUT2D eigenvalue weighted by atomic mass is 32.1. The van der Waals surface area contributed by atoms with Gasteiger partial charge in [0.15, 0.2) is 0 Å². The molecule has 0 aliphatic heterocycles. The van der Waals surface area contributed by atoms with E-state index in [1.807, 2.05) is 5.51 Å². The molecule has 1 nitrogen and oxygen atoms in total. The van der Waals surface area contributed by atoms with Gasteiger partial charge in [0.05, 0.1) is 11.2 Å². The Morgan fingerprint density at radius 1 is 0.938 bits per heavy atom. The van der Waals surface area contributed by atoms with Gasteiger partial charge in [0, 0.05) is 5.38 Å². The van der Waals surface area contributed by atoms with Crippen LogP contribution in [0.4, 0.5) is 0 Å². The van der Waals surface area contributed by atoms with Gasteiger partial charge in [-0.05, 0) is 12.8 Å². The van der Waals surface area contributed by atoms with Crippen LogP contribution in [0.5, 0.6) is 0 Å². The zero-order chi connectivity index (χ0) is 11.5. The molecular formula is C14H25NS. The fourth-order valence-corrected chi connectivity index (χ4v) is 2.57. The van der Waals surface area contributed by atoms with Crippen LogP contribution in [0.1, 0.15) is 70.4 Å². The van der Waals surface area contributed by atoms with Gasteiger partial charge in [-0.3, -0.25) is 0 Å². The Bertz CT molecular complexity index is 231. The maximum Gasteiger partial charge on any atom is 0.0794 e. The molecule has 0 saturated heterocycles.